The zero-order valence-corrected chi connectivity index (χ0v) is 11.3. The van der Waals surface area contributed by atoms with Gasteiger partial charge in [0, 0.05) is 13.6 Å². The Balaban J connectivity index is 2.18. The van der Waals surface area contributed by atoms with Crippen LogP contribution in [0.15, 0.2) is 23.1 Å². The van der Waals surface area contributed by atoms with Crippen molar-refractivity contribution < 1.29 is 8.42 Å². The second-order valence-corrected chi connectivity index (χ2v) is 6.50. The second-order valence-electron chi connectivity index (χ2n) is 4.94. The largest absolute Gasteiger partial charge is 0.397 e. The van der Waals surface area contributed by atoms with Gasteiger partial charge in [-0.25, -0.2) is 13.6 Å². The van der Waals surface area contributed by atoms with Crippen LogP contribution in [0.5, 0.6) is 0 Å². The van der Waals surface area contributed by atoms with Gasteiger partial charge in [0.25, 0.3) is 0 Å². The van der Waals surface area contributed by atoms with Gasteiger partial charge in [-0.3, -0.25) is 0 Å². The summed E-state index contributed by atoms with van der Waals surface area (Å²) in [6.07, 6.45) is 3.83. The monoisotopic (exact) mass is 269 g/mol. The van der Waals surface area contributed by atoms with E-state index in [1.165, 1.54) is 31.4 Å². The highest BCUT2D eigenvalue weighted by molar-refractivity contribution is 7.89. The summed E-state index contributed by atoms with van der Waals surface area (Å²) in [5, 5.41) is 5.07. The first-order valence-corrected chi connectivity index (χ1v) is 7.56. The molecule has 6 heteroatoms. The summed E-state index contributed by atoms with van der Waals surface area (Å²) in [5.41, 5.74) is 7.20. The SMILES string of the molecule is CN(CC1CCC1)c1ccc(S(N)(=O)=O)cc1N. The Hall–Kier alpha value is -1.27. The molecule has 100 valence electrons. The lowest BCUT2D eigenvalue weighted by Crippen LogP contribution is -2.29. The van der Waals surface area contributed by atoms with Gasteiger partial charge in [0.05, 0.1) is 16.3 Å². The molecule has 1 saturated carbocycles. The fraction of sp³-hybridized carbons (Fsp3) is 0.500. The van der Waals surface area contributed by atoms with Gasteiger partial charge in [0.15, 0.2) is 0 Å². The van der Waals surface area contributed by atoms with E-state index >= 15 is 0 Å². The van der Waals surface area contributed by atoms with E-state index in [9.17, 15) is 8.42 Å². The first-order valence-electron chi connectivity index (χ1n) is 6.01. The number of sulfonamides is 1. The average molecular weight is 269 g/mol. The third kappa shape index (κ3) is 2.76. The number of rotatable bonds is 4. The van der Waals surface area contributed by atoms with Crippen LogP contribution < -0.4 is 15.8 Å². The van der Waals surface area contributed by atoms with Crippen molar-refractivity contribution in [2.24, 2.45) is 11.1 Å². The molecule has 0 amide bonds. The standard InChI is InChI=1S/C12H19N3O2S/c1-15(8-9-3-2-4-9)12-6-5-10(7-11(12)13)18(14,16)17/h5-7,9H,2-4,8,13H2,1H3,(H2,14,16,17). The zero-order valence-electron chi connectivity index (χ0n) is 10.5. The normalized spacial score (nSPS) is 16.3. The molecule has 0 saturated heterocycles. The minimum absolute atomic E-state index is 0.0563. The van der Waals surface area contributed by atoms with E-state index in [2.05, 4.69) is 4.90 Å². The van der Waals surface area contributed by atoms with E-state index in [-0.39, 0.29) is 4.90 Å². The number of nitrogens with zero attached hydrogens (tertiary/aromatic N) is 1. The quantitative estimate of drug-likeness (QED) is 0.802. The molecular weight excluding hydrogens is 250 g/mol. The molecule has 0 radical (unpaired) electrons. The molecular formula is C12H19N3O2S. The van der Waals surface area contributed by atoms with E-state index in [1.807, 2.05) is 7.05 Å². The number of nitrogen functional groups attached to an aromatic ring is 1. The molecule has 2 rings (SSSR count). The summed E-state index contributed by atoms with van der Waals surface area (Å²) in [7, 11) is -1.71. The van der Waals surface area contributed by atoms with Gasteiger partial charge in [-0.1, -0.05) is 6.42 Å². The average Bonchev–Trinajstić information content (AvgIpc) is 2.21. The third-order valence-electron chi connectivity index (χ3n) is 3.50. The first-order chi connectivity index (χ1) is 8.38. The molecule has 1 aromatic rings. The number of nitrogens with two attached hydrogens (primary N) is 2. The van der Waals surface area contributed by atoms with Crippen molar-refractivity contribution in [1.82, 2.24) is 0 Å². The highest BCUT2D eigenvalue weighted by Gasteiger charge is 2.20. The Labute approximate surface area is 108 Å². The fourth-order valence-electron chi connectivity index (χ4n) is 2.22. The van der Waals surface area contributed by atoms with E-state index in [0.717, 1.165) is 18.2 Å². The lowest BCUT2D eigenvalue weighted by atomic mass is 9.85. The van der Waals surface area contributed by atoms with Crippen molar-refractivity contribution in [3.63, 3.8) is 0 Å². The van der Waals surface area contributed by atoms with Crippen LogP contribution in [0.1, 0.15) is 19.3 Å². The maximum Gasteiger partial charge on any atom is 0.238 e. The van der Waals surface area contributed by atoms with Crippen molar-refractivity contribution >= 4 is 21.4 Å². The van der Waals surface area contributed by atoms with E-state index < -0.39 is 10.0 Å². The highest BCUT2D eigenvalue weighted by Crippen LogP contribution is 2.31. The Kier molecular flexibility index (Phi) is 3.49. The summed E-state index contributed by atoms with van der Waals surface area (Å²) in [6, 6.07) is 4.63. The van der Waals surface area contributed by atoms with E-state index in [4.69, 9.17) is 10.9 Å². The van der Waals surface area contributed by atoms with Crippen LogP contribution >= 0.6 is 0 Å². The molecule has 0 aliphatic heterocycles. The van der Waals surface area contributed by atoms with Crippen molar-refractivity contribution in [2.75, 3.05) is 24.2 Å². The lowest BCUT2D eigenvalue weighted by Gasteiger charge is -2.31. The Morgan fingerprint density at radius 2 is 2.06 bits per heavy atom. The fourth-order valence-corrected chi connectivity index (χ4v) is 2.77. The number of primary sulfonamides is 1. The lowest BCUT2D eigenvalue weighted by molar-refractivity contribution is 0.321. The minimum Gasteiger partial charge on any atom is -0.397 e. The Bertz CT molecular complexity index is 538. The molecule has 5 nitrogen and oxygen atoms in total. The maximum absolute atomic E-state index is 11.2. The van der Waals surface area contributed by atoms with Crippen LogP contribution in [0, 0.1) is 5.92 Å². The number of benzene rings is 1. The first kappa shape index (κ1) is 13.2. The predicted octanol–water partition coefficient (Wildman–Crippen LogP) is 1.15. The topological polar surface area (TPSA) is 89.4 Å². The highest BCUT2D eigenvalue weighted by atomic mass is 32.2. The number of hydrogen-bond donors (Lipinski definition) is 2. The van der Waals surface area contributed by atoms with Crippen LogP contribution in [0.4, 0.5) is 11.4 Å². The number of anilines is 2. The third-order valence-corrected chi connectivity index (χ3v) is 4.41. The van der Waals surface area contributed by atoms with Gasteiger partial charge >= 0.3 is 0 Å². The van der Waals surface area contributed by atoms with E-state index in [0.29, 0.717) is 5.69 Å². The second kappa shape index (κ2) is 4.78. The van der Waals surface area contributed by atoms with Crippen molar-refractivity contribution in [2.45, 2.75) is 24.2 Å². The molecule has 0 spiro atoms. The molecule has 4 N–H and O–H groups in total. The van der Waals surface area contributed by atoms with Crippen LogP contribution in [-0.2, 0) is 10.0 Å². The smallest absolute Gasteiger partial charge is 0.238 e. The summed E-state index contributed by atoms with van der Waals surface area (Å²) < 4.78 is 22.4. The minimum atomic E-state index is -3.68. The zero-order chi connectivity index (χ0) is 13.3. The van der Waals surface area contributed by atoms with Gasteiger partial charge < -0.3 is 10.6 Å². The molecule has 0 aromatic heterocycles. The molecule has 0 bridgehead atoms. The molecule has 1 aliphatic carbocycles. The predicted molar refractivity (Wildman–Crippen MR) is 72.8 cm³/mol. The summed E-state index contributed by atoms with van der Waals surface area (Å²) >= 11 is 0. The van der Waals surface area contributed by atoms with Crippen LogP contribution in [0.2, 0.25) is 0 Å². The van der Waals surface area contributed by atoms with Gasteiger partial charge in [-0.05, 0) is 37.0 Å². The maximum atomic E-state index is 11.2. The molecule has 1 aliphatic rings. The molecule has 18 heavy (non-hydrogen) atoms. The van der Waals surface area contributed by atoms with Crippen molar-refractivity contribution in [3.8, 4) is 0 Å². The molecule has 0 heterocycles. The van der Waals surface area contributed by atoms with Gasteiger partial charge in [0.2, 0.25) is 10.0 Å². The van der Waals surface area contributed by atoms with Crippen molar-refractivity contribution in [3.05, 3.63) is 18.2 Å². The van der Waals surface area contributed by atoms with E-state index in [1.54, 1.807) is 6.07 Å². The van der Waals surface area contributed by atoms with Crippen LogP contribution in [0.25, 0.3) is 0 Å². The van der Waals surface area contributed by atoms with Gasteiger partial charge in [0.1, 0.15) is 0 Å². The Morgan fingerprint density at radius 1 is 1.39 bits per heavy atom. The van der Waals surface area contributed by atoms with Crippen molar-refractivity contribution in [1.29, 1.82) is 0 Å². The molecule has 0 unspecified atom stereocenters. The molecule has 1 fully saturated rings. The van der Waals surface area contributed by atoms with Crippen LogP contribution in [0.3, 0.4) is 0 Å². The summed E-state index contributed by atoms with van der Waals surface area (Å²) in [6.45, 7) is 0.957. The summed E-state index contributed by atoms with van der Waals surface area (Å²) in [5.74, 6) is 0.729. The molecule has 1 aromatic carbocycles. The van der Waals surface area contributed by atoms with Crippen LogP contribution in [-0.4, -0.2) is 22.0 Å². The Morgan fingerprint density at radius 3 is 2.50 bits per heavy atom. The number of hydrogen-bond acceptors (Lipinski definition) is 4. The van der Waals surface area contributed by atoms with Gasteiger partial charge in [-0.15, -0.1) is 0 Å². The van der Waals surface area contributed by atoms with Gasteiger partial charge in [-0.2, -0.15) is 0 Å². The summed E-state index contributed by atoms with van der Waals surface area (Å²) in [4.78, 5) is 2.13. The molecule has 0 atom stereocenters.